The second-order valence-electron chi connectivity index (χ2n) is 2.73. The summed E-state index contributed by atoms with van der Waals surface area (Å²) in [5, 5.41) is 11.7. The van der Waals surface area contributed by atoms with E-state index in [4.69, 9.17) is 5.11 Å². The predicted molar refractivity (Wildman–Crippen MR) is 44.1 cm³/mol. The summed E-state index contributed by atoms with van der Waals surface area (Å²) >= 11 is 0. The highest BCUT2D eigenvalue weighted by atomic mass is 16.4. The zero-order valence-corrected chi connectivity index (χ0v) is 6.27. The van der Waals surface area contributed by atoms with Gasteiger partial charge < -0.3 is 10.4 Å². The monoisotopic (exact) mass is 164 g/mol. The Morgan fingerprint density at radius 1 is 1.67 bits per heavy atom. The third-order valence-electron chi connectivity index (χ3n) is 2.00. The van der Waals surface area contributed by atoms with Crippen molar-refractivity contribution in [2.75, 3.05) is 0 Å². The third-order valence-corrected chi connectivity index (χ3v) is 2.00. The Morgan fingerprint density at radius 3 is 3.25 bits per heavy atom. The molecule has 62 valence electrons. The van der Waals surface area contributed by atoms with Crippen molar-refractivity contribution in [3.8, 4) is 0 Å². The van der Waals surface area contributed by atoms with E-state index < -0.39 is 5.97 Å². The quantitative estimate of drug-likeness (QED) is 0.570. The molecule has 12 heavy (non-hydrogen) atoms. The largest absolute Gasteiger partial charge is 0.478 e. The number of rotatable bonds is 1. The van der Waals surface area contributed by atoms with Crippen LogP contribution in [0.15, 0.2) is 28.8 Å². The molecule has 0 fully saturated rings. The van der Waals surface area contributed by atoms with E-state index in [1.807, 2.05) is 6.08 Å². The van der Waals surface area contributed by atoms with E-state index in [1.165, 1.54) is 0 Å². The van der Waals surface area contributed by atoms with Crippen molar-refractivity contribution in [1.82, 2.24) is 5.32 Å². The van der Waals surface area contributed by atoms with Crippen LogP contribution in [0.5, 0.6) is 0 Å². The van der Waals surface area contributed by atoms with Crippen LogP contribution < -0.4 is 5.32 Å². The Labute approximate surface area is 69.3 Å². The molecular weight excluding hydrogens is 156 g/mol. The molecule has 1 unspecified atom stereocenters. The molecule has 1 heterocycles. The Hall–Kier alpha value is -1.58. The summed E-state index contributed by atoms with van der Waals surface area (Å²) in [7, 11) is 0. The lowest BCUT2D eigenvalue weighted by molar-refractivity contribution is -0.132. The molecule has 0 saturated carbocycles. The van der Waals surface area contributed by atoms with Gasteiger partial charge in [0, 0.05) is 0 Å². The molecule has 0 saturated heterocycles. The minimum Gasteiger partial charge on any atom is -0.478 e. The number of allylic oxidation sites excluding steroid dienone is 2. The van der Waals surface area contributed by atoms with Crippen molar-refractivity contribution >= 4 is 12.3 Å². The fraction of sp³-hybridized carbons (Fsp3) is 0.250. The Balaban J connectivity index is 2.32. The average molecular weight is 164 g/mol. The summed E-state index contributed by atoms with van der Waals surface area (Å²) in [5.74, 6) is -0.893. The number of hydrogen-bond acceptors (Lipinski definition) is 3. The average Bonchev–Trinajstić information content (AvgIpc) is 2.49. The van der Waals surface area contributed by atoms with Gasteiger partial charge in [0.25, 0.3) is 0 Å². The molecule has 0 amide bonds. The molecule has 0 aromatic heterocycles. The maximum atomic E-state index is 10.7. The Morgan fingerprint density at radius 2 is 2.50 bits per heavy atom. The van der Waals surface area contributed by atoms with Crippen LogP contribution in [0.1, 0.15) is 0 Å². The van der Waals surface area contributed by atoms with Gasteiger partial charge in [-0.15, -0.1) is 0 Å². The summed E-state index contributed by atoms with van der Waals surface area (Å²) in [6, 6.07) is -0.214. The highest BCUT2D eigenvalue weighted by molar-refractivity contribution is 5.90. The van der Waals surface area contributed by atoms with Crippen molar-refractivity contribution < 1.29 is 9.90 Å². The molecule has 0 radical (unpaired) electrons. The van der Waals surface area contributed by atoms with Crippen molar-refractivity contribution in [2.45, 2.75) is 12.1 Å². The maximum absolute atomic E-state index is 10.7. The van der Waals surface area contributed by atoms with Crippen molar-refractivity contribution in [3.05, 3.63) is 23.8 Å². The first kappa shape index (κ1) is 7.09. The van der Waals surface area contributed by atoms with Gasteiger partial charge in [-0.3, -0.25) is 4.99 Å². The van der Waals surface area contributed by atoms with Gasteiger partial charge in [0.1, 0.15) is 6.04 Å². The smallest absolute Gasteiger partial charge is 0.333 e. The molecule has 0 bridgehead atoms. The topological polar surface area (TPSA) is 61.7 Å². The van der Waals surface area contributed by atoms with Crippen LogP contribution in [0.3, 0.4) is 0 Å². The first-order valence-corrected chi connectivity index (χ1v) is 3.68. The van der Waals surface area contributed by atoms with E-state index in [0.717, 1.165) is 0 Å². The van der Waals surface area contributed by atoms with Crippen LogP contribution in [0.2, 0.25) is 0 Å². The lowest BCUT2D eigenvalue weighted by Crippen LogP contribution is -2.34. The van der Waals surface area contributed by atoms with Gasteiger partial charge in [-0.05, 0) is 6.08 Å². The van der Waals surface area contributed by atoms with Gasteiger partial charge >= 0.3 is 5.97 Å². The minimum atomic E-state index is -0.893. The zero-order valence-electron chi connectivity index (χ0n) is 6.27. The maximum Gasteiger partial charge on any atom is 0.333 e. The number of aliphatic carboxylic acids is 1. The van der Waals surface area contributed by atoms with Crippen LogP contribution in [-0.2, 0) is 4.79 Å². The molecule has 0 aromatic rings. The van der Waals surface area contributed by atoms with E-state index in [1.54, 1.807) is 18.5 Å². The van der Waals surface area contributed by atoms with Gasteiger partial charge in [0.05, 0.1) is 18.0 Å². The van der Waals surface area contributed by atoms with E-state index in [0.29, 0.717) is 5.57 Å². The summed E-state index contributed by atoms with van der Waals surface area (Å²) in [5.41, 5.74) is 0.351. The van der Waals surface area contributed by atoms with E-state index in [9.17, 15) is 4.79 Å². The molecule has 4 heteroatoms. The summed E-state index contributed by atoms with van der Waals surface area (Å²) < 4.78 is 0. The summed E-state index contributed by atoms with van der Waals surface area (Å²) in [6.45, 7) is 0. The normalized spacial score (nSPS) is 30.8. The van der Waals surface area contributed by atoms with Crippen LogP contribution in [0.25, 0.3) is 0 Å². The second kappa shape index (κ2) is 2.48. The number of nitrogens with one attached hydrogen (secondary N) is 1. The number of fused-ring (bicyclic) bond motifs is 1. The molecule has 2 rings (SSSR count). The molecule has 0 aromatic carbocycles. The predicted octanol–water partition coefficient (Wildman–Crippen LogP) is -0.0641. The third kappa shape index (κ3) is 0.922. The van der Waals surface area contributed by atoms with Gasteiger partial charge in [0.15, 0.2) is 0 Å². The molecule has 2 aliphatic rings. The fourth-order valence-corrected chi connectivity index (χ4v) is 1.40. The highest BCUT2D eigenvalue weighted by Crippen LogP contribution is 2.19. The van der Waals surface area contributed by atoms with Crippen LogP contribution in [-0.4, -0.2) is 29.5 Å². The van der Waals surface area contributed by atoms with Gasteiger partial charge in [-0.2, -0.15) is 0 Å². The van der Waals surface area contributed by atoms with E-state index in [-0.39, 0.29) is 12.1 Å². The molecule has 0 spiro atoms. The van der Waals surface area contributed by atoms with Crippen molar-refractivity contribution in [3.63, 3.8) is 0 Å². The van der Waals surface area contributed by atoms with Crippen molar-refractivity contribution in [1.29, 1.82) is 0 Å². The van der Waals surface area contributed by atoms with E-state index in [2.05, 4.69) is 10.3 Å². The Bertz CT molecular complexity index is 304. The number of carboxylic acids is 1. The second-order valence-corrected chi connectivity index (χ2v) is 2.73. The Kier molecular flexibility index (Phi) is 1.46. The molecule has 2 N–H and O–H groups in total. The molecule has 2 atom stereocenters. The lowest BCUT2D eigenvalue weighted by Gasteiger charge is -2.17. The number of carboxylic acid groups (broad SMARTS) is 1. The van der Waals surface area contributed by atoms with Gasteiger partial charge in [-0.25, -0.2) is 4.79 Å². The molecule has 4 nitrogen and oxygen atoms in total. The number of nitrogens with zero attached hydrogens (tertiary/aromatic N) is 1. The van der Waals surface area contributed by atoms with Crippen LogP contribution in [0.4, 0.5) is 0 Å². The van der Waals surface area contributed by atoms with Gasteiger partial charge in [0.2, 0.25) is 0 Å². The molecule has 1 aliphatic carbocycles. The number of hydrogen-bond donors (Lipinski definition) is 2. The van der Waals surface area contributed by atoms with Crippen LogP contribution in [0, 0.1) is 0 Å². The highest BCUT2D eigenvalue weighted by Gasteiger charge is 2.30. The fourth-order valence-electron chi connectivity index (χ4n) is 1.40. The standard InChI is InChI=1S/C8H8N2O2/c11-8(12)5-2-1-3-6-7(5)10-4-9-6/h1-4,6-7H,(H,9,10)(H,11,12)/t6-,7?/m0/s1. The van der Waals surface area contributed by atoms with Gasteiger partial charge in [-0.1, -0.05) is 12.2 Å². The number of aliphatic imine (C=N–C) groups is 1. The van der Waals surface area contributed by atoms with Crippen molar-refractivity contribution in [2.24, 2.45) is 4.99 Å². The SMILES string of the molecule is O=C(O)C1=CC=C[C@@H]2NC=NC12. The van der Waals surface area contributed by atoms with Crippen LogP contribution >= 0.6 is 0 Å². The first-order chi connectivity index (χ1) is 5.79. The first-order valence-electron chi connectivity index (χ1n) is 3.68. The van der Waals surface area contributed by atoms with E-state index >= 15 is 0 Å². The molecular formula is C8H8N2O2. The minimum absolute atomic E-state index is 0.0288. The number of carbonyl (C=O) groups is 1. The molecule has 1 aliphatic heterocycles. The summed E-state index contributed by atoms with van der Waals surface area (Å²) in [6.07, 6.45) is 6.80. The zero-order chi connectivity index (χ0) is 8.55. The lowest BCUT2D eigenvalue weighted by atomic mass is 9.96. The summed E-state index contributed by atoms with van der Waals surface area (Å²) in [4.78, 5) is 14.7.